The molecule has 0 saturated carbocycles. The van der Waals surface area contributed by atoms with Crippen molar-refractivity contribution < 1.29 is 0 Å². The Bertz CT molecular complexity index is 273. The average molecular weight is 239 g/mol. The van der Waals surface area contributed by atoms with Gasteiger partial charge in [0.25, 0.3) is 0 Å². The number of hydrogen-bond acceptors (Lipinski definition) is 2. The van der Waals surface area contributed by atoms with Gasteiger partial charge in [0.05, 0.1) is 5.69 Å². The Kier molecular flexibility index (Phi) is 8.78. The molecule has 0 bridgehead atoms. The van der Waals surface area contributed by atoms with E-state index in [2.05, 4.69) is 31.2 Å². The normalized spacial score (nSPS) is 18.2. The summed E-state index contributed by atoms with van der Waals surface area (Å²) in [6.45, 7) is 15.0. The van der Waals surface area contributed by atoms with Crippen LogP contribution in [-0.2, 0) is 0 Å². The number of aromatic nitrogens is 2. The molecular formula is C14H29N3. The van der Waals surface area contributed by atoms with Gasteiger partial charge in [-0.2, -0.15) is 5.10 Å². The van der Waals surface area contributed by atoms with E-state index in [0.717, 1.165) is 11.6 Å². The maximum absolute atomic E-state index is 4.23. The highest BCUT2D eigenvalue weighted by Crippen LogP contribution is 2.03. The van der Waals surface area contributed by atoms with Crippen LogP contribution in [0.3, 0.4) is 0 Å². The third-order valence-electron chi connectivity index (χ3n) is 2.58. The summed E-state index contributed by atoms with van der Waals surface area (Å²) in [5.74, 6) is 0.935. The van der Waals surface area contributed by atoms with E-state index in [9.17, 15) is 0 Å². The highest BCUT2D eigenvalue weighted by Gasteiger charge is 2.06. The van der Waals surface area contributed by atoms with Crippen molar-refractivity contribution in [1.82, 2.24) is 15.1 Å². The van der Waals surface area contributed by atoms with Crippen LogP contribution in [0.2, 0.25) is 0 Å². The first-order chi connectivity index (χ1) is 8.09. The second-order valence-electron chi connectivity index (χ2n) is 4.63. The summed E-state index contributed by atoms with van der Waals surface area (Å²) in [4.78, 5) is 0. The van der Waals surface area contributed by atoms with Crippen molar-refractivity contribution in [2.75, 3.05) is 13.1 Å². The Morgan fingerprint density at radius 2 is 2.06 bits per heavy atom. The Hall–Kier alpha value is -0.830. The summed E-state index contributed by atoms with van der Waals surface area (Å²) in [7, 11) is 0. The zero-order valence-electron chi connectivity index (χ0n) is 12.3. The van der Waals surface area contributed by atoms with Crippen LogP contribution >= 0.6 is 0 Å². The fraction of sp³-hybridized carbons (Fsp3) is 0.786. The van der Waals surface area contributed by atoms with E-state index in [4.69, 9.17) is 0 Å². The lowest BCUT2D eigenvalue weighted by atomic mass is 10.2. The van der Waals surface area contributed by atoms with Gasteiger partial charge in [-0.3, -0.25) is 4.68 Å². The van der Waals surface area contributed by atoms with Crippen LogP contribution < -0.4 is 5.32 Å². The number of rotatable bonds is 1. The van der Waals surface area contributed by atoms with Gasteiger partial charge >= 0.3 is 0 Å². The van der Waals surface area contributed by atoms with Gasteiger partial charge in [0.1, 0.15) is 0 Å². The van der Waals surface area contributed by atoms with Crippen molar-refractivity contribution in [2.24, 2.45) is 5.92 Å². The number of hydrogen-bond donors (Lipinski definition) is 1. The molecule has 1 unspecified atom stereocenters. The fourth-order valence-corrected chi connectivity index (χ4v) is 1.52. The molecule has 1 aromatic heterocycles. The molecule has 0 amide bonds. The summed E-state index contributed by atoms with van der Waals surface area (Å²) >= 11 is 0. The predicted molar refractivity (Wildman–Crippen MR) is 75.3 cm³/mol. The van der Waals surface area contributed by atoms with Gasteiger partial charge in [-0.05, 0) is 52.3 Å². The molecule has 0 spiro atoms. The Morgan fingerprint density at radius 3 is 2.24 bits per heavy atom. The number of aryl methyl sites for hydroxylation is 1. The van der Waals surface area contributed by atoms with Crippen LogP contribution in [-0.4, -0.2) is 22.9 Å². The Morgan fingerprint density at radius 1 is 1.41 bits per heavy atom. The molecule has 2 heterocycles. The molecule has 1 fully saturated rings. The quantitative estimate of drug-likeness (QED) is 0.814. The van der Waals surface area contributed by atoms with Gasteiger partial charge in [0.15, 0.2) is 0 Å². The summed E-state index contributed by atoms with van der Waals surface area (Å²) < 4.78 is 1.95. The lowest BCUT2D eigenvalue weighted by molar-refractivity contribution is 0.529. The first-order valence-electron chi connectivity index (χ1n) is 6.82. The van der Waals surface area contributed by atoms with Crippen molar-refractivity contribution in [3.63, 3.8) is 0 Å². The molecular weight excluding hydrogens is 210 g/mol. The summed E-state index contributed by atoms with van der Waals surface area (Å²) in [6.07, 6.45) is 3.38. The highest BCUT2D eigenvalue weighted by molar-refractivity contribution is 4.95. The highest BCUT2D eigenvalue weighted by atomic mass is 15.3. The summed E-state index contributed by atoms with van der Waals surface area (Å²) in [5, 5.41) is 7.50. The first kappa shape index (κ1) is 16.2. The molecule has 100 valence electrons. The lowest BCUT2D eigenvalue weighted by Gasteiger charge is -2.02. The zero-order valence-corrected chi connectivity index (χ0v) is 12.3. The molecule has 3 nitrogen and oxygen atoms in total. The van der Waals surface area contributed by atoms with E-state index < -0.39 is 0 Å². The van der Waals surface area contributed by atoms with Crippen LogP contribution in [0.15, 0.2) is 12.3 Å². The summed E-state index contributed by atoms with van der Waals surface area (Å²) in [6, 6.07) is 2.50. The van der Waals surface area contributed by atoms with Crippen LogP contribution in [0.25, 0.3) is 0 Å². The molecule has 0 aromatic carbocycles. The molecule has 0 aliphatic carbocycles. The topological polar surface area (TPSA) is 29.9 Å². The van der Waals surface area contributed by atoms with Gasteiger partial charge in [0, 0.05) is 12.2 Å². The van der Waals surface area contributed by atoms with Gasteiger partial charge < -0.3 is 5.32 Å². The monoisotopic (exact) mass is 239 g/mol. The third kappa shape index (κ3) is 7.16. The van der Waals surface area contributed by atoms with Crippen molar-refractivity contribution in [2.45, 2.75) is 54.0 Å². The van der Waals surface area contributed by atoms with Crippen LogP contribution in [0.1, 0.15) is 52.8 Å². The van der Waals surface area contributed by atoms with Gasteiger partial charge in [-0.25, -0.2) is 0 Å². The molecule has 17 heavy (non-hydrogen) atoms. The molecule has 1 N–H and O–H groups in total. The largest absolute Gasteiger partial charge is 0.316 e. The predicted octanol–water partition coefficient (Wildman–Crippen LogP) is 3.41. The molecule has 1 saturated heterocycles. The van der Waals surface area contributed by atoms with Crippen molar-refractivity contribution in [1.29, 1.82) is 0 Å². The maximum Gasteiger partial charge on any atom is 0.0593 e. The smallest absolute Gasteiger partial charge is 0.0593 e. The molecule has 3 heteroatoms. The maximum atomic E-state index is 4.23. The third-order valence-corrected chi connectivity index (χ3v) is 2.58. The van der Waals surface area contributed by atoms with Crippen LogP contribution in [0, 0.1) is 12.8 Å². The molecule has 1 aliphatic rings. The number of nitrogens with zero attached hydrogens (tertiary/aromatic N) is 2. The Balaban J connectivity index is 0.000000278. The molecule has 0 radical (unpaired) electrons. The standard InChI is InChI=1S/C7H12N2.C5H11N.C2H6/c1-6(2)9-5-4-7(3)8-9;1-5-2-3-6-4-5;1-2/h4-6H,1-3H3;5-6H,2-4H2,1H3;1-2H3. The van der Waals surface area contributed by atoms with Crippen molar-refractivity contribution in [3.05, 3.63) is 18.0 Å². The molecule has 1 aliphatic heterocycles. The SMILES string of the molecule is CC.CC1CCNC1.Cc1ccn(C(C)C)n1. The number of nitrogens with one attached hydrogen (secondary N) is 1. The van der Waals surface area contributed by atoms with E-state index in [-0.39, 0.29) is 0 Å². The molecule has 1 aromatic rings. The molecule has 2 rings (SSSR count). The van der Waals surface area contributed by atoms with Gasteiger partial charge in [0.2, 0.25) is 0 Å². The van der Waals surface area contributed by atoms with Crippen LogP contribution in [0.5, 0.6) is 0 Å². The summed E-state index contributed by atoms with van der Waals surface area (Å²) in [5.41, 5.74) is 1.09. The van der Waals surface area contributed by atoms with Crippen LogP contribution in [0.4, 0.5) is 0 Å². The minimum Gasteiger partial charge on any atom is -0.316 e. The lowest BCUT2D eigenvalue weighted by Crippen LogP contribution is -2.06. The second kappa shape index (κ2) is 9.23. The zero-order chi connectivity index (χ0) is 13.3. The van der Waals surface area contributed by atoms with E-state index in [1.807, 2.05) is 37.7 Å². The second-order valence-corrected chi connectivity index (χ2v) is 4.63. The van der Waals surface area contributed by atoms with E-state index in [1.54, 1.807) is 0 Å². The van der Waals surface area contributed by atoms with E-state index >= 15 is 0 Å². The van der Waals surface area contributed by atoms with Crippen molar-refractivity contribution in [3.8, 4) is 0 Å². The Labute approximate surface area is 107 Å². The molecule has 1 atom stereocenters. The van der Waals surface area contributed by atoms with E-state index in [1.165, 1.54) is 19.5 Å². The average Bonchev–Trinajstić information content (AvgIpc) is 2.93. The minimum atomic E-state index is 0.485. The first-order valence-corrected chi connectivity index (χ1v) is 6.82. The fourth-order valence-electron chi connectivity index (χ4n) is 1.52. The van der Waals surface area contributed by atoms with Gasteiger partial charge in [-0.1, -0.05) is 20.8 Å². The van der Waals surface area contributed by atoms with Crippen molar-refractivity contribution >= 4 is 0 Å². The minimum absolute atomic E-state index is 0.485. The van der Waals surface area contributed by atoms with Gasteiger partial charge in [-0.15, -0.1) is 0 Å². The van der Waals surface area contributed by atoms with E-state index in [0.29, 0.717) is 6.04 Å².